The van der Waals surface area contributed by atoms with Gasteiger partial charge in [-0.25, -0.2) is 13.8 Å². The zero-order valence-corrected chi connectivity index (χ0v) is 15.3. The van der Waals surface area contributed by atoms with Gasteiger partial charge < -0.3 is 5.32 Å². The van der Waals surface area contributed by atoms with Gasteiger partial charge in [-0.1, -0.05) is 11.6 Å². The average Bonchev–Trinajstić information content (AvgIpc) is 2.70. The Morgan fingerprint density at radius 2 is 1.75 bits per heavy atom. The predicted octanol–water partition coefficient (Wildman–Crippen LogP) is 4.41. The maximum Gasteiger partial charge on any atom is 0.257 e. The van der Waals surface area contributed by atoms with Crippen molar-refractivity contribution in [3.63, 3.8) is 0 Å². The monoisotopic (exact) mass is 400 g/mol. The minimum atomic E-state index is -0.558. The summed E-state index contributed by atoms with van der Waals surface area (Å²) in [5, 5.41) is 5.47. The van der Waals surface area contributed by atoms with Gasteiger partial charge in [0.1, 0.15) is 11.6 Å². The molecule has 142 valence electrons. The van der Waals surface area contributed by atoms with Crippen LogP contribution in [-0.4, -0.2) is 16.9 Å². The lowest BCUT2D eigenvalue weighted by Crippen LogP contribution is -2.36. The Morgan fingerprint density at radius 1 is 1.04 bits per heavy atom. The second-order valence-corrected chi connectivity index (χ2v) is 6.14. The van der Waals surface area contributed by atoms with Crippen LogP contribution in [0.15, 0.2) is 72.0 Å². The molecule has 0 aliphatic rings. The van der Waals surface area contributed by atoms with Crippen molar-refractivity contribution in [3.8, 4) is 0 Å². The molecule has 1 amide bonds. The molecule has 1 aromatic heterocycles. The van der Waals surface area contributed by atoms with Crippen LogP contribution < -0.4 is 10.6 Å². The molecule has 0 saturated carbocycles. The number of nitrogens with one attached hydrogen (secondary N) is 2. The first-order chi connectivity index (χ1) is 13.5. The van der Waals surface area contributed by atoms with Crippen LogP contribution in [0.5, 0.6) is 0 Å². The van der Waals surface area contributed by atoms with E-state index < -0.39 is 17.5 Å². The van der Waals surface area contributed by atoms with E-state index in [1.54, 1.807) is 24.5 Å². The first kappa shape index (κ1) is 19.4. The fourth-order valence-electron chi connectivity index (χ4n) is 2.26. The van der Waals surface area contributed by atoms with E-state index in [1.807, 2.05) is 0 Å². The molecule has 0 aliphatic heterocycles. The van der Waals surface area contributed by atoms with Crippen molar-refractivity contribution in [2.75, 3.05) is 5.32 Å². The summed E-state index contributed by atoms with van der Waals surface area (Å²) in [6.07, 6.45) is 3.27. The van der Waals surface area contributed by atoms with Crippen molar-refractivity contribution < 1.29 is 13.6 Å². The first-order valence-corrected chi connectivity index (χ1v) is 8.61. The number of anilines is 1. The molecule has 0 unspecified atom stereocenters. The van der Waals surface area contributed by atoms with Crippen LogP contribution in [0.1, 0.15) is 15.9 Å². The summed E-state index contributed by atoms with van der Waals surface area (Å²) >= 11 is 5.80. The molecule has 0 aliphatic carbocycles. The van der Waals surface area contributed by atoms with Gasteiger partial charge in [-0.3, -0.25) is 15.1 Å². The topological polar surface area (TPSA) is 66.4 Å². The predicted molar refractivity (Wildman–Crippen MR) is 104 cm³/mol. The van der Waals surface area contributed by atoms with E-state index in [0.717, 1.165) is 5.56 Å². The molecule has 0 atom stereocenters. The van der Waals surface area contributed by atoms with Crippen molar-refractivity contribution >= 4 is 29.2 Å². The third kappa shape index (κ3) is 5.34. The lowest BCUT2D eigenvalue weighted by molar-refractivity contribution is 0.0977. The minimum Gasteiger partial charge on any atom is -0.326 e. The average molecular weight is 401 g/mol. The van der Waals surface area contributed by atoms with Crippen LogP contribution in [0.4, 0.5) is 14.5 Å². The van der Waals surface area contributed by atoms with Crippen LogP contribution >= 0.6 is 11.6 Å². The molecular weight excluding hydrogens is 386 g/mol. The second kappa shape index (κ2) is 9.05. The molecule has 0 radical (unpaired) electrons. The Bertz CT molecular complexity index is 995. The molecule has 8 heteroatoms. The van der Waals surface area contributed by atoms with Gasteiger partial charge in [0.25, 0.3) is 5.91 Å². The number of halogens is 3. The Kier molecular flexibility index (Phi) is 6.29. The summed E-state index contributed by atoms with van der Waals surface area (Å²) in [6, 6.07) is 12.7. The number of aliphatic imine (C=N–C) groups is 1. The molecule has 0 saturated heterocycles. The number of carbonyl (C=O) groups excluding carboxylic acids is 1. The summed E-state index contributed by atoms with van der Waals surface area (Å²) in [5.41, 5.74) is 1.58. The normalized spacial score (nSPS) is 11.2. The fraction of sp³-hybridized carbons (Fsp3) is 0.0500. The number of pyridine rings is 1. The van der Waals surface area contributed by atoms with Crippen molar-refractivity contribution in [1.29, 1.82) is 0 Å². The van der Waals surface area contributed by atoms with E-state index in [4.69, 9.17) is 11.6 Å². The maximum absolute atomic E-state index is 13.4. The second-order valence-electron chi connectivity index (χ2n) is 5.74. The summed E-state index contributed by atoms with van der Waals surface area (Å²) in [5.74, 6) is -1.34. The Hall–Kier alpha value is -3.32. The quantitative estimate of drug-likeness (QED) is 0.503. The number of guanidine groups is 1. The van der Waals surface area contributed by atoms with Gasteiger partial charge in [-0.2, -0.15) is 0 Å². The zero-order chi connectivity index (χ0) is 19.9. The number of aromatic nitrogens is 1. The van der Waals surface area contributed by atoms with Crippen LogP contribution in [0, 0.1) is 11.6 Å². The van der Waals surface area contributed by atoms with E-state index in [0.29, 0.717) is 5.69 Å². The molecule has 0 fully saturated rings. The number of nitrogens with zero attached hydrogens (tertiary/aromatic N) is 2. The van der Waals surface area contributed by atoms with Gasteiger partial charge in [0.05, 0.1) is 11.6 Å². The molecule has 3 rings (SSSR count). The Labute approximate surface area is 165 Å². The van der Waals surface area contributed by atoms with Crippen LogP contribution in [-0.2, 0) is 6.54 Å². The largest absolute Gasteiger partial charge is 0.326 e. The number of hydrogen-bond donors (Lipinski definition) is 2. The number of hydrogen-bond acceptors (Lipinski definition) is 3. The summed E-state index contributed by atoms with van der Waals surface area (Å²) in [6.45, 7) is 0.267. The van der Waals surface area contributed by atoms with E-state index in [9.17, 15) is 13.6 Å². The van der Waals surface area contributed by atoms with Gasteiger partial charge in [0.15, 0.2) is 0 Å². The molecule has 5 nitrogen and oxygen atoms in total. The highest BCUT2D eigenvalue weighted by Gasteiger charge is 2.10. The zero-order valence-electron chi connectivity index (χ0n) is 14.5. The lowest BCUT2D eigenvalue weighted by atomic mass is 10.2. The molecule has 28 heavy (non-hydrogen) atoms. The number of amides is 1. The van der Waals surface area contributed by atoms with Crippen molar-refractivity contribution in [1.82, 2.24) is 10.3 Å². The minimum absolute atomic E-state index is 0.0663. The van der Waals surface area contributed by atoms with Crippen molar-refractivity contribution in [2.45, 2.75) is 6.54 Å². The molecule has 0 spiro atoms. The molecule has 1 heterocycles. The van der Waals surface area contributed by atoms with Crippen molar-refractivity contribution in [2.24, 2.45) is 4.99 Å². The molecule has 3 aromatic rings. The van der Waals surface area contributed by atoms with Gasteiger partial charge in [0.2, 0.25) is 5.96 Å². The fourth-order valence-corrected chi connectivity index (χ4v) is 2.44. The van der Waals surface area contributed by atoms with Crippen LogP contribution in [0.3, 0.4) is 0 Å². The highest BCUT2D eigenvalue weighted by atomic mass is 35.5. The lowest BCUT2D eigenvalue weighted by Gasteiger charge is -2.12. The van der Waals surface area contributed by atoms with E-state index >= 15 is 0 Å². The molecular formula is C20H15ClF2N4O. The molecule has 0 bridgehead atoms. The third-order valence-corrected chi connectivity index (χ3v) is 3.98. The third-order valence-electron chi connectivity index (χ3n) is 3.69. The van der Waals surface area contributed by atoms with Gasteiger partial charge in [-0.15, -0.1) is 0 Å². The standard InChI is InChI=1S/C20H15ClF2N4O/c21-17-11-16(5-6-18(17)23)26-20(25-12-13-7-9-24-10-8-13)27-19(28)14-1-3-15(22)4-2-14/h1-11H,12H2,(H2,25,26,27,28). The highest BCUT2D eigenvalue weighted by molar-refractivity contribution is 6.31. The first-order valence-electron chi connectivity index (χ1n) is 8.23. The SMILES string of the molecule is O=C(NC(=NCc1ccncc1)Nc1ccc(F)c(Cl)c1)c1ccc(F)cc1. The number of benzene rings is 2. The van der Waals surface area contributed by atoms with E-state index in [-0.39, 0.29) is 23.1 Å². The molecule has 2 N–H and O–H groups in total. The van der Waals surface area contributed by atoms with Crippen LogP contribution in [0.25, 0.3) is 0 Å². The smallest absolute Gasteiger partial charge is 0.257 e. The summed E-state index contributed by atoms with van der Waals surface area (Å²) in [4.78, 5) is 20.7. The number of carbonyl (C=O) groups is 1. The van der Waals surface area contributed by atoms with Crippen LogP contribution in [0.2, 0.25) is 5.02 Å². The summed E-state index contributed by atoms with van der Waals surface area (Å²) < 4.78 is 26.4. The highest BCUT2D eigenvalue weighted by Crippen LogP contribution is 2.19. The summed E-state index contributed by atoms with van der Waals surface area (Å²) in [7, 11) is 0. The van der Waals surface area contributed by atoms with Gasteiger partial charge >= 0.3 is 0 Å². The maximum atomic E-state index is 13.4. The Balaban J connectivity index is 1.81. The Morgan fingerprint density at radius 3 is 2.43 bits per heavy atom. The van der Waals surface area contributed by atoms with E-state index in [1.165, 1.54) is 42.5 Å². The van der Waals surface area contributed by atoms with Gasteiger partial charge in [0, 0.05) is 23.6 Å². The van der Waals surface area contributed by atoms with Gasteiger partial charge in [-0.05, 0) is 60.2 Å². The van der Waals surface area contributed by atoms with E-state index in [2.05, 4.69) is 20.6 Å². The number of rotatable bonds is 4. The van der Waals surface area contributed by atoms with Crippen molar-refractivity contribution in [3.05, 3.63) is 94.8 Å². The molecule has 2 aromatic carbocycles.